The second-order valence-corrected chi connectivity index (χ2v) is 4.54. The van der Waals surface area contributed by atoms with Crippen molar-refractivity contribution in [3.05, 3.63) is 30.3 Å². The fourth-order valence-electron chi connectivity index (χ4n) is 2.66. The molecule has 0 radical (unpaired) electrons. The number of carbonyl (C=O) groups is 2. The van der Waals surface area contributed by atoms with Crippen LogP contribution in [0.2, 0.25) is 0 Å². The third kappa shape index (κ3) is 1.60. The number of anilines is 1. The standard InChI is InChI=1S/C13H14N2O2/c16-12-9-11-7-4-8-14(11)13(17)15(12)10-5-2-1-3-6-10/h1-3,5-6,11H,4,7-9H2. The SMILES string of the molecule is O=C1CC2CCCN2C(=O)N1c1ccccc1. The molecule has 0 saturated carbocycles. The third-order valence-corrected chi connectivity index (χ3v) is 3.49. The molecule has 0 N–H and O–H groups in total. The highest BCUT2D eigenvalue weighted by molar-refractivity contribution is 6.16. The number of urea groups is 1. The largest absolute Gasteiger partial charge is 0.331 e. The second kappa shape index (κ2) is 3.87. The molecule has 2 aliphatic heterocycles. The molecule has 0 bridgehead atoms. The Morgan fingerprint density at radius 2 is 1.88 bits per heavy atom. The summed E-state index contributed by atoms with van der Waals surface area (Å²) < 4.78 is 0. The van der Waals surface area contributed by atoms with Crippen LogP contribution in [0, 0.1) is 0 Å². The molecule has 2 aliphatic rings. The van der Waals surface area contributed by atoms with E-state index in [9.17, 15) is 9.59 Å². The van der Waals surface area contributed by atoms with Gasteiger partial charge in [-0.25, -0.2) is 9.69 Å². The number of hydrogen-bond acceptors (Lipinski definition) is 2. The topological polar surface area (TPSA) is 40.6 Å². The van der Waals surface area contributed by atoms with Crippen LogP contribution in [0.5, 0.6) is 0 Å². The average molecular weight is 230 g/mol. The number of nitrogens with zero attached hydrogens (tertiary/aromatic N) is 2. The maximum Gasteiger partial charge on any atom is 0.331 e. The van der Waals surface area contributed by atoms with Crippen molar-refractivity contribution in [2.45, 2.75) is 25.3 Å². The molecule has 1 aromatic rings. The number of para-hydroxylation sites is 1. The Hall–Kier alpha value is -1.84. The molecule has 0 aromatic heterocycles. The highest BCUT2D eigenvalue weighted by Crippen LogP contribution is 2.29. The van der Waals surface area contributed by atoms with Gasteiger partial charge < -0.3 is 4.90 Å². The molecule has 1 aromatic carbocycles. The minimum atomic E-state index is -0.157. The lowest BCUT2D eigenvalue weighted by Crippen LogP contribution is -2.54. The van der Waals surface area contributed by atoms with Crippen LogP contribution >= 0.6 is 0 Å². The number of fused-ring (bicyclic) bond motifs is 1. The van der Waals surface area contributed by atoms with Crippen LogP contribution in [0.25, 0.3) is 0 Å². The maximum atomic E-state index is 12.2. The van der Waals surface area contributed by atoms with Crippen LogP contribution in [-0.2, 0) is 4.79 Å². The second-order valence-electron chi connectivity index (χ2n) is 4.54. The predicted molar refractivity (Wildman–Crippen MR) is 63.7 cm³/mol. The van der Waals surface area contributed by atoms with Crippen LogP contribution in [0.4, 0.5) is 10.5 Å². The number of hydrogen-bond donors (Lipinski definition) is 0. The molecule has 3 amide bonds. The van der Waals surface area contributed by atoms with Crippen LogP contribution in [0.1, 0.15) is 19.3 Å². The normalized spacial score (nSPS) is 24.1. The summed E-state index contributed by atoms with van der Waals surface area (Å²) >= 11 is 0. The van der Waals surface area contributed by atoms with Gasteiger partial charge in [0.1, 0.15) is 0 Å². The van der Waals surface area contributed by atoms with E-state index in [4.69, 9.17) is 0 Å². The van der Waals surface area contributed by atoms with E-state index in [2.05, 4.69) is 0 Å². The zero-order valence-corrected chi connectivity index (χ0v) is 9.50. The average Bonchev–Trinajstić information content (AvgIpc) is 2.78. The van der Waals surface area contributed by atoms with Gasteiger partial charge in [-0.3, -0.25) is 4.79 Å². The maximum absolute atomic E-state index is 12.2. The van der Waals surface area contributed by atoms with Gasteiger partial charge in [0.05, 0.1) is 5.69 Å². The van der Waals surface area contributed by atoms with E-state index in [1.54, 1.807) is 12.1 Å². The minimum Gasteiger partial charge on any atom is -0.320 e. The minimum absolute atomic E-state index is 0.0793. The van der Waals surface area contributed by atoms with Gasteiger partial charge in [-0.15, -0.1) is 0 Å². The van der Waals surface area contributed by atoms with Crippen molar-refractivity contribution in [1.82, 2.24) is 4.90 Å². The van der Waals surface area contributed by atoms with Gasteiger partial charge in [0, 0.05) is 19.0 Å². The Balaban J connectivity index is 1.94. The summed E-state index contributed by atoms with van der Waals surface area (Å²) in [5.41, 5.74) is 0.674. The molecule has 0 aliphatic carbocycles. The zero-order valence-electron chi connectivity index (χ0n) is 9.50. The van der Waals surface area contributed by atoms with Crippen molar-refractivity contribution in [2.24, 2.45) is 0 Å². The first-order valence-corrected chi connectivity index (χ1v) is 5.96. The Bertz CT molecular complexity index is 458. The molecule has 88 valence electrons. The smallest absolute Gasteiger partial charge is 0.320 e. The molecule has 3 rings (SSSR count). The van der Waals surface area contributed by atoms with Crippen molar-refractivity contribution >= 4 is 17.6 Å². The molecule has 2 saturated heterocycles. The van der Waals surface area contributed by atoms with Crippen molar-refractivity contribution in [3.8, 4) is 0 Å². The first-order chi connectivity index (χ1) is 8.27. The Morgan fingerprint density at radius 3 is 2.65 bits per heavy atom. The fourth-order valence-corrected chi connectivity index (χ4v) is 2.66. The Kier molecular flexibility index (Phi) is 2.35. The van der Waals surface area contributed by atoms with Crippen LogP contribution in [0.3, 0.4) is 0 Å². The van der Waals surface area contributed by atoms with E-state index in [1.165, 1.54) is 4.90 Å². The van der Waals surface area contributed by atoms with Gasteiger partial charge in [0.15, 0.2) is 0 Å². The molecule has 4 nitrogen and oxygen atoms in total. The summed E-state index contributed by atoms with van der Waals surface area (Å²) in [5.74, 6) is -0.0793. The lowest BCUT2D eigenvalue weighted by molar-refractivity contribution is -0.119. The highest BCUT2D eigenvalue weighted by atomic mass is 16.2. The quantitative estimate of drug-likeness (QED) is 0.740. The molecular weight excluding hydrogens is 216 g/mol. The van der Waals surface area contributed by atoms with Crippen molar-refractivity contribution < 1.29 is 9.59 Å². The Labute approximate surface area is 99.8 Å². The van der Waals surface area contributed by atoms with Gasteiger partial charge in [0.25, 0.3) is 0 Å². The molecule has 2 heterocycles. The number of imide groups is 1. The van der Waals surface area contributed by atoms with Crippen molar-refractivity contribution in [1.29, 1.82) is 0 Å². The number of amides is 3. The number of carbonyl (C=O) groups excluding carboxylic acids is 2. The summed E-state index contributed by atoms with van der Waals surface area (Å²) in [6.45, 7) is 0.778. The lowest BCUT2D eigenvalue weighted by atomic mass is 10.1. The number of rotatable bonds is 1. The molecule has 0 spiro atoms. The van der Waals surface area contributed by atoms with E-state index in [1.807, 2.05) is 23.1 Å². The molecule has 1 unspecified atom stereocenters. The molecule has 1 atom stereocenters. The summed E-state index contributed by atoms with van der Waals surface area (Å²) in [6.07, 6.45) is 2.42. The monoisotopic (exact) mass is 230 g/mol. The van der Waals surface area contributed by atoms with Gasteiger partial charge in [0.2, 0.25) is 5.91 Å². The third-order valence-electron chi connectivity index (χ3n) is 3.49. The van der Waals surface area contributed by atoms with Crippen LogP contribution in [0.15, 0.2) is 30.3 Å². The van der Waals surface area contributed by atoms with E-state index < -0.39 is 0 Å². The van der Waals surface area contributed by atoms with Gasteiger partial charge in [-0.1, -0.05) is 18.2 Å². The van der Waals surface area contributed by atoms with Crippen LogP contribution < -0.4 is 4.90 Å². The zero-order chi connectivity index (χ0) is 11.8. The summed E-state index contributed by atoms with van der Waals surface area (Å²) in [7, 11) is 0. The highest BCUT2D eigenvalue weighted by Gasteiger charge is 2.41. The molecule has 4 heteroatoms. The Morgan fingerprint density at radius 1 is 1.12 bits per heavy atom. The summed E-state index contributed by atoms with van der Waals surface area (Å²) in [6, 6.07) is 9.13. The summed E-state index contributed by atoms with van der Waals surface area (Å²) in [4.78, 5) is 27.4. The molecule has 17 heavy (non-hydrogen) atoms. The van der Waals surface area contributed by atoms with Crippen molar-refractivity contribution in [2.75, 3.05) is 11.4 Å². The van der Waals surface area contributed by atoms with E-state index in [0.29, 0.717) is 12.1 Å². The van der Waals surface area contributed by atoms with Crippen LogP contribution in [-0.4, -0.2) is 29.4 Å². The van der Waals surface area contributed by atoms with Gasteiger partial charge in [-0.05, 0) is 25.0 Å². The molecular formula is C13H14N2O2. The fraction of sp³-hybridized carbons (Fsp3) is 0.385. The molecule has 2 fully saturated rings. The lowest BCUT2D eigenvalue weighted by Gasteiger charge is -2.36. The van der Waals surface area contributed by atoms with Gasteiger partial charge >= 0.3 is 6.03 Å². The summed E-state index contributed by atoms with van der Waals surface area (Å²) in [5, 5.41) is 0. The first-order valence-electron chi connectivity index (χ1n) is 5.96. The van der Waals surface area contributed by atoms with Crippen molar-refractivity contribution in [3.63, 3.8) is 0 Å². The van der Waals surface area contributed by atoms with E-state index in [-0.39, 0.29) is 18.0 Å². The van der Waals surface area contributed by atoms with E-state index >= 15 is 0 Å². The van der Waals surface area contributed by atoms with E-state index in [0.717, 1.165) is 19.4 Å². The predicted octanol–water partition coefficient (Wildman–Crippen LogP) is 2.01. The number of benzene rings is 1. The first kappa shape index (κ1) is 10.3. The van der Waals surface area contributed by atoms with Gasteiger partial charge in [-0.2, -0.15) is 0 Å².